The van der Waals surface area contributed by atoms with Gasteiger partial charge in [0.05, 0.1) is 24.9 Å². The zero-order valence-electron chi connectivity index (χ0n) is 16.0. The van der Waals surface area contributed by atoms with Gasteiger partial charge in [0.25, 0.3) is 0 Å². The van der Waals surface area contributed by atoms with Crippen LogP contribution in [0.3, 0.4) is 0 Å². The summed E-state index contributed by atoms with van der Waals surface area (Å²) in [6.07, 6.45) is 0. The molecule has 2 atom stereocenters. The molecule has 0 saturated carbocycles. The minimum absolute atomic E-state index is 0. The van der Waals surface area contributed by atoms with Crippen LogP contribution < -0.4 is 26.2 Å². The zero-order chi connectivity index (χ0) is 20.6. The van der Waals surface area contributed by atoms with Crippen molar-refractivity contribution in [3.63, 3.8) is 0 Å². The van der Waals surface area contributed by atoms with Gasteiger partial charge in [0.1, 0.15) is 10.8 Å². The first-order valence-electron chi connectivity index (χ1n) is 8.35. The Morgan fingerprint density at radius 3 is 2.62 bits per heavy atom. The van der Waals surface area contributed by atoms with E-state index in [1.807, 2.05) is 31.3 Å². The molecule has 2 unspecified atom stereocenters. The van der Waals surface area contributed by atoms with Crippen LogP contribution in [0, 0.1) is 0 Å². The molecule has 1 aliphatic rings. The van der Waals surface area contributed by atoms with Gasteiger partial charge in [-0.05, 0) is 24.3 Å². The van der Waals surface area contributed by atoms with Crippen molar-refractivity contribution in [2.75, 3.05) is 32.8 Å². The Kier molecular flexibility index (Phi) is 7.40. The maximum absolute atomic E-state index is 12.4. The molecule has 0 radical (unpaired) electrons. The van der Waals surface area contributed by atoms with Gasteiger partial charge in [0.15, 0.2) is 11.4 Å². The Hall–Kier alpha value is -1.17. The topological polar surface area (TPSA) is 88.3 Å². The molecule has 2 aromatic carbocycles. The number of thioether (sulfide) groups is 1. The Morgan fingerprint density at radius 2 is 1.97 bits per heavy atom. The highest BCUT2D eigenvalue weighted by Gasteiger charge is 2.56. The van der Waals surface area contributed by atoms with Crippen LogP contribution in [-0.2, 0) is 15.7 Å². The van der Waals surface area contributed by atoms with Crippen molar-refractivity contribution in [2.45, 2.75) is 10.6 Å². The standard InChI is InChI=1S/C18H21ClN3O4S2.BrH/c1-20-21-28(24,25)17-10-13(8-9-14(17)19)18(23)11-27-12-22(18,2)15-6-4-5-7-16(15)26-3;/h4-10,23H,11-12H2,1-3H3;1H/q+1;/p-1. The lowest BCUT2D eigenvalue weighted by Gasteiger charge is -2.41. The number of rotatable bonds is 5. The van der Waals surface area contributed by atoms with E-state index in [-0.39, 0.29) is 31.4 Å². The van der Waals surface area contributed by atoms with E-state index in [0.717, 1.165) is 5.69 Å². The highest BCUT2D eigenvalue weighted by Crippen LogP contribution is 2.49. The minimum atomic E-state index is -4.06. The normalized spacial score (nSPS) is 24.4. The van der Waals surface area contributed by atoms with Crippen LogP contribution in [0.15, 0.2) is 57.0 Å². The van der Waals surface area contributed by atoms with Crippen LogP contribution in [0.1, 0.15) is 5.56 Å². The number of ether oxygens (including phenoxy) is 1. The van der Waals surface area contributed by atoms with Gasteiger partial charge in [-0.2, -0.15) is 13.5 Å². The molecule has 1 heterocycles. The van der Waals surface area contributed by atoms with E-state index in [2.05, 4.69) is 9.63 Å². The van der Waals surface area contributed by atoms with Crippen molar-refractivity contribution in [2.24, 2.45) is 9.63 Å². The molecular formula is C18H21BrClN3O4S2. The Balaban J connectivity index is 0.00000300. The average molecular weight is 523 g/mol. The summed E-state index contributed by atoms with van der Waals surface area (Å²) in [5.74, 6) is 1.60. The van der Waals surface area contributed by atoms with E-state index in [9.17, 15) is 13.5 Å². The van der Waals surface area contributed by atoms with Gasteiger partial charge in [0, 0.05) is 18.7 Å². The van der Waals surface area contributed by atoms with Gasteiger partial charge in [-0.1, -0.05) is 40.0 Å². The number of nitrogens with zero attached hydrogens (tertiary/aromatic N) is 3. The third-order valence-corrected chi connectivity index (χ3v) is 7.97. The van der Waals surface area contributed by atoms with Crippen LogP contribution in [0.5, 0.6) is 5.75 Å². The number of hydrogen-bond acceptors (Lipinski definition) is 6. The molecule has 0 aliphatic carbocycles. The molecule has 7 nitrogen and oxygen atoms in total. The lowest BCUT2D eigenvalue weighted by atomic mass is 9.99. The summed E-state index contributed by atoms with van der Waals surface area (Å²) in [6, 6.07) is 12.0. The van der Waals surface area contributed by atoms with Crippen LogP contribution in [0.25, 0.3) is 0 Å². The summed E-state index contributed by atoms with van der Waals surface area (Å²) in [5, 5.41) is 15.2. The second-order valence-corrected chi connectivity index (χ2v) is 9.47. The molecule has 29 heavy (non-hydrogen) atoms. The molecule has 0 spiro atoms. The molecule has 0 amide bonds. The predicted molar refractivity (Wildman–Crippen MR) is 111 cm³/mol. The number of benzene rings is 2. The largest absolute Gasteiger partial charge is 1.00 e. The van der Waals surface area contributed by atoms with E-state index < -0.39 is 15.7 Å². The van der Waals surface area contributed by atoms with Crippen molar-refractivity contribution in [1.82, 2.24) is 4.48 Å². The van der Waals surface area contributed by atoms with Crippen molar-refractivity contribution in [1.29, 1.82) is 0 Å². The van der Waals surface area contributed by atoms with Gasteiger partial charge in [0.2, 0.25) is 5.72 Å². The molecule has 11 heteroatoms. The summed E-state index contributed by atoms with van der Waals surface area (Å²) in [7, 11) is 0.687. The summed E-state index contributed by atoms with van der Waals surface area (Å²) in [5.41, 5.74) is -0.164. The fourth-order valence-corrected chi connectivity index (χ4v) is 6.24. The zero-order valence-corrected chi connectivity index (χ0v) is 20.0. The van der Waals surface area contributed by atoms with Gasteiger partial charge in [-0.3, -0.25) is 0 Å². The lowest BCUT2D eigenvalue weighted by molar-refractivity contribution is -0.0577. The number of quaternary nitrogens is 1. The summed E-state index contributed by atoms with van der Waals surface area (Å²) < 4.78 is 33.7. The van der Waals surface area contributed by atoms with Gasteiger partial charge >= 0.3 is 10.0 Å². The minimum Gasteiger partial charge on any atom is -1.00 e. The van der Waals surface area contributed by atoms with Crippen LogP contribution in [0.4, 0.5) is 5.69 Å². The van der Waals surface area contributed by atoms with E-state index in [1.54, 1.807) is 24.9 Å². The molecule has 1 aliphatic heterocycles. The smallest absolute Gasteiger partial charge is 0.300 e. The number of methoxy groups -OCH3 is 1. The van der Waals surface area contributed by atoms with Crippen LogP contribution in [-0.4, -0.2) is 46.4 Å². The molecule has 1 N–H and O–H groups in total. The predicted octanol–water partition coefficient (Wildman–Crippen LogP) is 0.610. The van der Waals surface area contributed by atoms with Crippen LogP contribution >= 0.6 is 23.4 Å². The number of para-hydroxylation sites is 2. The number of hydrogen-bond donors (Lipinski definition) is 1. The van der Waals surface area contributed by atoms with Crippen molar-refractivity contribution < 1.29 is 35.2 Å². The second kappa shape index (κ2) is 8.91. The molecule has 0 aromatic heterocycles. The molecule has 1 fully saturated rings. The highest BCUT2D eigenvalue weighted by molar-refractivity contribution is 7.99. The Bertz CT molecular complexity index is 1040. The number of aliphatic hydroxyl groups is 1. The van der Waals surface area contributed by atoms with Crippen molar-refractivity contribution in [3.8, 4) is 5.75 Å². The molecule has 2 aromatic rings. The number of halogens is 2. The summed E-state index contributed by atoms with van der Waals surface area (Å²) in [6.45, 7) is 0. The quantitative estimate of drug-likeness (QED) is 0.459. The van der Waals surface area contributed by atoms with Gasteiger partial charge < -0.3 is 26.8 Å². The average Bonchev–Trinajstić information content (AvgIpc) is 2.98. The van der Waals surface area contributed by atoms with Crippen molar-refractivity contribution in [3.05, 3.63) is 53.1 Å². The third kappa shape index (κ3) is 4.06. The fourth-order valence-electron chi connectivity index (χ4n) is 3.40. The lowest BCUT2D eigenvalue weighted by Crippen LogP contribution is -3.00. The van der Waals surface area contributed by atoms with Crippen molar-refractivity contribution >= 4 is 39.1 Å². The van der Waals surface area contributed by atoms with Gasteiger partial charge in [-0.25, -0.2) is 4.48 Å². The van der Waals surface area contributed by atoms with E-state index in [4.69, 9.17) is 16.3 Å². The Labute approximate surface area is 190 Å². The molecule has 1 saturated heterocycles. The first-order valence-corrected chi connectivity index (χ1v) is 11.3. The molecular weight excluding hydrogens is 502 g/mol. The SMILES string of the molecule is CN=NS(=O)(=O)c1cc(C2(O)CSC[N+]2(C)c2ccccc2OC)ccc1Cl.[Br-]. The van der Waals surface area contributed by atoms with E-state index in [0.29, 0.717) is 22.9 Å². The Morgan fingerprint density at radius 1 is 1.28 bits per heavy atom. The molecule has 0 bridgehead atoms. The van der Waals surface area contributed by atoms with E-state index in [1.165, 1.54) is 19.2 Å². The molecule has 3 rings (SSSR count). The number of sulfonamides is 1. The first-order chi connectivity index (χ1) is 13.2. The molecule has 158 valence electrons. The van der Waals surface area contributed by atoms with Crippen LogP contribution in [0.2, 0.25) is 5.02 Å². The fraction of sp³-hybridized carbons (Fsp3) is 0.333. The monoisotopic (exact) mass is 521 g/mol. The highest BCUT2D eigenvalue weighted by atomic mass is 79.9. The summed E-state index contributed by atoms with van der Waals surface area (Å²) >= 11 is 7.68. The maximum Gasteiger partial charge on any atom is 0.300 e. The van der Waals surface area contributed by atoms with E-state index >= 15 is 0 Å². The third-order valence-electron chi connectivity index (χ3n) is 4.95. The first kappa shape index (κ1) is 24.1. The summed E-state index contributed by atoms with van der Waals surface area (Å²) in [4.78, 5) is -0.186. The second-order valence-electron chi connectivity index (χ2n) is 6.56. The van der Waals surface area contributed by atoms with Gasteiger partial charge in [-0.15, -0.1) is 0 Å². The maximum atomic E-state index is 12.4.